The molecule has 2 atom stereocenters. The van der Waals surface area contributed by atoms with Crippen molar-refractivity contribution in [1.29, 1.82) is 0 Å². The molecule has 1 aliphatic heterocycles. The first kappa shape index (κ1) is 10.9. The summed E-state index contributed by atoms with van der Waals surface area (Å²) in [6.07, 6.45) is 1.20. The van der Waals surface area contributed by atoms with Crippen molar-refractivity contribution in [1.82, 2.24) is 0 Å². The van der Waals surface area contributed by atoms with Crippen LogP contribution in [-0.2, 0) is 4.74 Å². The van der Waals surface area contributed by atoms with Crippen molar-refractivity contribution in [3.8, 4) is 0 Å². The number of aliphatic hydroxyl groups excluding tert-OH is 1. The van der Waals surface area contributed by atoms with Crippen LogP contribution in [-0.4, -0.2) is 17.8 Å². The van der Waals surface area contributed by atoms with Crippen LogP contribution in [0.4, 0.5) is 5.69 Å². The first-order valence-electron chi connectivity index (χ1n) is 5.03. The fourth-order valence-corrected chi connectivity index (χ4v) is 2.25. The lowest BCUT2D eigenvalue weighted by Crippen LogP contribution is -2.18. The number of hydrogen-bond acceptors (Lipinski definition) is 3. The zero-order valence-electron chi connectivity index (χ0n) is 8.32. The Morgan fingerprint density at radius 3 is 2.93 bits per heavy atom. The Morgan fingerprint density at radius 2 is 2.33 bits per heavy atom. The van der Waals surface area contributed by atoms with E-state index in [0.717, 1.165) is 29.5 Å². The normalized spacial score (nSPS) is 22.9. The number of anilines is 1. The lowest BCUT2D eigenvalue weighted by Gasteiger charge is -2.19. The average molecular weight is 272 g/mol. The van der Waals surface area contributed by atoms with E-state index < -0.39 is 6.10 Å². The summed E-state index contributed by atoms with van der Waals surface area (Å²) in [5, 5.41) is 10.1. The van der Waals surface area contributed by atoms with Crippen LogP contribution >= 0.6 is 15.9 Å². The highest BCUT2D eigenvalue weighted by molar-refractivity contribution is 9.10. The molecule has 1 aliphatic rings. The topological polar surface area (TPSA) is 55.5 Å². The summed E-state index contributed by atoms with van der Waals surface area (Å²) in [4.78, 5) is 0. The second-order valence-electron chi connectivity index (χ2n) is 3.77. The quantitative estimate of drug-likeness (QED) is 0.812. The summed E-state index contributed by atoms with van der Waals surface area (Å²) in [6, 6.07) is 5.52. The summed E-state index contributed by atoms with van der Waals surface area (Å²) >= 11 is 3.34. The molecule has 0 aromatic heterocycles. The van der Waals surface area contributed by atoms with Crippen molar-refractivity contribution in [2.75, 3.05) is 12.3 Å². The molecule has 3 nitrogen and oxygen atoms in total. The molecule has 1 fully saturated rings. The van der Waals surface area contributed by atoms with E-state index in [0.29, 0.717) is 5.69 Å². The van der Waals surface area contributed by atoms with Gasteiger partial charge in [-0.05, 0) is 25.0 Å². The number of rotatable bonds is 2. The molecular formula is C11H14BrNO2. The molecule has 2 rings (SSSR count). The fourth-order valence-electron chi connectivity index (χ4n) is 1.87. The first-order chi connectivity index (χ1) is 7.18. The van der Waals surface area contributed by atoms with Crippen LogP contribution in [0.25, 0.3) is 0 Å². The molecule has 82 valence electrons. The zero-order chi connectivity index (χ0) is 10.8. The minimum Gasteiger partial charge on any atom is -0.398 e. The standard InChI is InChI=1S/C11H14BrNO2/c12-7-3-4-8(9(13)6-7)11(14)10-2-1-5-15-10/h3-4,6,10-11,14H,1-2,5,13H2. The van der Waals surface area contributed by atoms with Gasteiger partial charge in [0.15, 0.2) is 0 Å². The van der Waals surface area contributed by atoms with Gasteiger partial charge in [-0.1, -0.05) is 22.0 Å². The van der Waals surface area contributed by atoms with Gasteiger partial charge >= 0.3 is 0 Å². The minimum atomic E-state index is -0.611. The maximum absolute atomic E-state index is 10.1. The van der Waals surface area contributed by atoms with E-state index in [1.165, 1.54) is 0 Å². The number of hydrogen-bond donors (Lipinski definition) is 2. The first-order valence-corrected chi connectivity index (χ1v) is 5.82. The van der Waals surface area contributed by atoms with Gasteiger partial charge in [0.2, 0.25) is 0 Å². The van der Waals surface area contributed by atoms with Crippen molar-refractivity contribution >= 4 is 21.6 Å². The van der Waals surface area contributed by atoms with E-state index in [1.54, 1.807) is 6.07 Å². The van der Waals surface area contributed by atoms with E-state index in [9.17, 15) is 5.11 Å². The molecule has 0 amide bonds. The molecule has 0 aliphatic carbocycles. The molecule has 1 heterocycles. The fraction of sp³-hybridized carbons (Fsp3) is 0.455. The van der Waals surface area contributed by atoms with Crippen LogP contribution in [0, 0.1) is 0 Å². The lowest BCUT2D eigenvalue weighted by molar-refractivity contribution is -0.00222. The predicted molar refractivity (Wildman–Crippen MR) is 62.5 cm³/mol. The van der Waals surface area contributed by atoms with Gasteiger partial charge in [0.25, 0.3) is 0 Å². The Kier molecular flexibility index (Phi) is 3.29. The molecule has 0 radical (unpaired) electrons. The van der Waals surface area contributed by atoms with Gasteiger partial charge in [0, 0.05) is 22.3 Å². The third kappa shape index (κ3) is 2.33. The molecule has 1 saturated heterocycles. The van der Waals surface area contributed by atoms with Gasteiger partial charge in [-0.2, -0.15) is 0 Å². The van der Waals surface area contributed by atoms with Gasteiger partial charge in [-0.15, -0.1) is 0 Å². The molecule has 1 aromatic carbocycles. The molecule has 0 spiro atoms. The largest absolute Gasteiger partial charge is 0.398 e. The van der Waals surface area contributed by atoms with Crippen molar-refractivity contribution in [2.45, 2.75) is 25.0 Å². The van der Waals surface area contributed by atoms with Gasteiger partial charge < -0.3 is 15.6 Å². The smallest absolute Gasteiger partial charge is 0.107 e. The van der Waals surface area contributed by atoms with E-state index in [4.69, 9.17) is 10.5 Å². The molecule has 3 N–H and O–H groups in total. The van der Waals surface area contributed by atoms with Crippen LogP contribution in [0.15, 0.2) is 22.7 Å². The monoisotopic (exact) mass is 271 g/mol. The minimum absolute atomic E-state index is 0.103. The van der Waals surface area contributed by atoms with Crippen molar-refractivity contribution in [3.63, 3.8) is 0 Å². The van der Waals surface area contributed by atoms with Crippen molar-refractivity contribution in [3.05, 3.63) is 28.2 Å². The van der Waals surface area contributed by atoms with Crippen LogP contribution in [0.2, 0.25) is 0 Å². The molecule has 4 heteroatoms. The predicted octanol–water partition coefficient (Wildman–Crippen LogP) is 2.24. The Morgan fingerprint density at radius 1 is 1.53 bits per heavy atom. The second-order valence-corrected chi connectivity index (χ2v) is 4.69. The molecule has 2 unspecified atom stereocenters. The Balaban J connectivity index is 2.20. The average Bonchev–Trinajstić information content (AvgIpc) is 2.69. The molecular weight excluding hydrogens is 258 g/mol. The van der Waals surface area contributed by atoms with Gasteiger partial charge in [0.05, 0.1) is 6.10 Å². The molecule has 1 aromatic rings. The van der Waals surface area contributed by atoms with Gasteiger partial charge in [-0.3, -0.25) is 0 Å². The lowest BCUT2D eigenvalue weighted by atomic mass is 10.0. The Bertz CT molecular complexity index is 350. The van der Waals surface area contributed by atoms with Crippen LogP contribution in [0.5, 0.6) is 0 Å². The summed E-state index contributed by atoms with van der Waals surface area (Å²) < 4.78 is 6.36. The number of nitrogens with two attached hydrogens (primary N) is 1. The maximum Gasteiger partial charge on any atom is 0.107 e. The summed E-state index contributed by atoms with van der Waals surface area (Å²) in [6.45, 7) is 0.734. The molecule has 0 bridgehead atoms. The Hall–Kier alpha value is -0.580. The van der Waals surface area contributed by atoms with Gasteiger partial charge in [0.1, 0.15) is 6.10 Å². The van der Waals surface area contributed by atoms with Crippen LogP contribution in [0.3, 0.4) is 0 Å². The van der Waals surface area contributed by atoms with Crippen LogP contribution < -0.4 is 5.73 Å². The van der Waals surface area contributed by atoms with E-state index >= 15 is 0 Å². The SMILES string of the molecule is Nc1cc(Br)ccc1C(O)C1CCCO1. The molecule has 15 heavy (non-hydrogen) atoms. The Labute approximate surface area is 97.4 Å². The number of aliphatic hydroxyl groups is 1. The van der Waals surface area contributed by atoms with Crippen LogP contribution in [0.1, 0.15) is 24.5 Å². The van der Waals surface area contributed by atoms with E-state index in [2.05, 4.69) is 15.9 Å². The molecule has 0 saturated carbocycles. The van der Waals surface area contributed by atoms with Crippen molar-refractivity contribution in [2.24, 2.45) is 0 Å². The third-order valence-electron chi connectivity index (χ3n) is 2.68. The van der Waals surface area contributed by atoms with Gasteiger partial charge in [-0.25, -0.2) is 0 Å². The third-order valence-corrected chi connectivity index (χ3v) is 3.18. The van der Waals surface area contributed by atoms with E-state index in [1.807, 2.05) is 12.1 Å². The summed E-state index contributed by atoms with van der Waals surface area (Å²) in [5.41, 5.74) is 7.20. The number of benzene rings is 1. The number of nitrogen functional groups attached to an aromatic ring is 1. The summed E-state index contributed by atoms with van der Waals surface area (Å²) in [7, 11) is 0. The summed E-state index contributed by atoms with van der Waals surface area (Å²) in [5.74, 6) is 0. The number of ether oxygens (including phenoxy) is 1. The highest BCUT2D eigenvalue weighted by atomic mass is 79.9. The number of halogens is 1. The zero-order valence-corrected chi connectivity index (χ0v) is 9.90. The van der Waals surface area contributed by atoms with E-state index in [-0.39, 0.29) is 6.10 Å². The second kappa shape index (κ2) is 4.51. The van der Waals surface area contributed by atoms with Crippen molar-refractivity contribution < 1.29 is 9.84 Å². The highest BCUT2D eigenvalue weighted by Gasteiger charge is 2.26. The maximum atomic E-state index is 10.1. The highest BCUT2D eigenvalue weighted by Crippen LogP contribution is 2.31.